The molecule has 0 saturated carbocycles. The molecule has 14 heteroatoms. The average molecular weight is 841 g/mol. The fourth-order valence-corrected chi connectivity index (χ4v) is 10.4. The van der Waals surface area contributed by atoms with E-state index in [0.29, 0.717) is 28.8 Å². The largest absolute Gasteiger partial charge is 0.453 e. The zero-order valence-electron chi connectivity index (χ0n) is 33.0. The van der Waals surface area contributed by atoms with E-state index in [-0.39, 0.29) is 29.6 Å². The number of carbonyl (C=O) groups is 4. The van der Waals surface area contributed by atoms with Gasteiger partial charge in [0.25, 0.3) is 5.91 Å². The van der Waals surface area contributed by atoms with Gasteiger partial charge in [0.1, 0.15) is 17.9 Å². The van der Waals surface area contributed by atoms with Crippen molar-refractivity contribution in [3.05, 3.63) is 150 Å². The first-order valence-electron chi connectivity index (χ1n) is 19.5. The molecule has 0 radical (unpaired) electrons. The summed E-state index contributed by atoms with van der Waals surface area (Å²) in [6, 6.07) is 37.2. The number of H-pyrrole nitrogens is 2. The maximum absolute atomic E-state index is 14.0. The molecule has 3 amide bonds. The smallest absolute Gasteiger partial charge is 0.407 e. The number of nitrogens with zero attached hydrogens (tertiary/aromatic N) is 2. The number of hydrogen-bond acceptors (Lipinski definition) is 9. The van der Waals surface area contributed by atoms with Crippen molar-refractivity contribution in [3.8, 4) is 33.6 Å². The Balaban J connectivity index is 0.928. The Morgan fingerprint density at radius 1 is 0.650 bits per heavy atom. The molecule has 2 saturated heterocycles. The number of Topliss-reactive ketones (excluding diaryl/α,β-unsaturated/α-hetero) is 1. The zero-order chi connectivity index (χ0) is 41.6. The lowest BCUT2D eigenvalue weighted by atomic mass is 9.84. The summed E-state index contributed by atoms with van der Waals surface area (Å²) in [5, 5.41) is 5.47. The highest BCUT2D eigenvalue weighted by Crippen LogP contribution is 2.41. The van der Waals surface area contributed by atoms with Crippen LogP contribution in [-0.4, -0.2) is 81.1 Å². The van der Waals surface area contributed by atoms with Crippen molar-refractivity contribution >= 4 is 47.4 Å². The number of amides is 3. The second kappa shape index (κ2) is 18.3. The number of hydrogen-bond donors (Lipinski definition) is 4. The van der Waals surface area contributed by atoms with Gasteiger partial charge in [0.15, 0.2) is 5.78 Å². The molecule has 4 heterocycles. The van der Waals surface area contributed by atoms with Crippen molar-refractivity contribution in [1.82, 2.24) is 30.5 Å². The number of ketones is 1. The molecule has 2 aliphatic heterocycles. The molecular weight excluding hydrogens is 797 g/mol. The predicted molar refractivity (Wildman–Crippen MR) is 234 cm³/mol. The summed E-state index contributed by atoms with van der Waals surface area (Å²) < 4.78 is 9.68. The van der Waals surface area contributed by atoms with Crippen LogP contribution >= 0.6 is 23.5 Å². The molecule has 8 rings (SSSR count). The fourth-order valence-electron chi connectivity index (χ4n) is 7.79. The molecule has 306 valence electrons. The monoisotopic (exact) mass is 840 g/mol. The molecule has 4 N–H and O–H groups in total. The number of carbonyl (C=O) groups excluding carboxylic acids is 4. The van der Waals surface area contributed by atoms with Crippen molar-refractivity contribution < 1.29 is 28.7 Å². The minimum Gasteiger partial charge on any atom is -0.453 e. The Morgan fingerprint density at radius 2 is 1.22 bits per heavy atom. The summed E-state index contributed by atoms with van der Waals surface area (Å²) in [6.07, 6.45) is 0.477. The average Bonchev–Trinajstić information content (AvgIpc) is 4.15. The van der Waals surface area contributed by atoms with E-state index >= 15 is 0 Å². The standard InChI is InChI=1S/C46H44N6O6S2/c1-57-45(55)50-40(32-9-5-3-6-10-32)42(53)35-25-59-24-34(35)37-22-21-36(48-37)30-17-13-28(14-18-30)29-15-19-31(20-16-29)38-23-47-43(49-38)39-26-60-27-52(39)44(54)41(51-46(56)58-2)33-11-7-4-8-12-33/h3-23,34-35,39-41,48H,24-27H2,1-2H3,(H,47,49)(H,50,55)(H,51,56)/t34-,35?,39+,40-,41-/m1/s1. The van der Waals surface area contributed by atoms with Gasteiger partial charge in [-0.05, 0) is 45.5 Å². The second-order valence-electron chi connectivity index (χ2n) is 14.6. The van der Waals surface area contributed by atoms with E-state index < -0.39 is 24.3 Å². The third kappa shape index (κ3) is 8.70. The third-order valence-corrected chi connectivity index (χ3v) is 13.2. The van der Waals surface area contributed by atoms with Crippen LogP contribution in [0.2, 0.25) is 0 Å². The number of aromatic nitrogens is 3. The van der Waals surface area contributed by atoms with Gasteiger partial charge >= 0.3 is 12.2 Å². The molecule has 6 aromatic rings. The van der Waals surface area contributed by atoms with E-state index in [0.717, 1.165) is 50.7 Å². The minimum atomic E-state index is -0.893. The molecule has 1 unspecified atom stereocenters. The van der Waals surface area contributed by atoms with E-state index in [1.807, 2.05) is 60.7 Å². The van der Waals surface area contributed by atoms with Gasteiger partial charge < -0.3 is 35.0 Å². The molecule has 0 aliphatic carbocycles. The molecule has 60 heavy (non-hydrogen) atoms. The quantitative estimate of drug-likeness (QED) is 0.0948. The molecular formula is C46H44N6O6S2. The number of ether oxygens (including phenoxy) is 2. The van der Waals surface area contributed by atoms with Gasteiger partial charge in [0.05, 0.1) is 38.0 Å². The van der Waals surface area contributed by atoms with Gasteiger partial charge in [0.2, 0.25) is 0 Å². The number of nitrogens with one attached hydrogen (secondary N) is 4. The lowest BCUT2D eigenvalue weighted by molar-refractivity contribution is -0.134. The first kappa shape index (κ1) is 40.5. The molecule has 0 spiro atoms. The number of thioether (sulfide) groups is 2. The van der Waals surface area contributed by atoms with Crippen LogP contribution in [0.15, 0.2) is 128 Å². The van der Waals surface area contributed by atoms with Crippen molar-refractivity contribution in [1.29, 1.82) is 0 Å². The van der Waals surface area contributed by atoms with Crippen LogP contribution in [0.5, 0.6) is 0 Å². The van der Waals surface area contributed by atoms with Crippen LogP contribution in [0.1, 0.15) is 46.7 Å². The fraction of sp³-hybridized carbons (Fsp3) is 0.239. The normalized spacial score (nSPS) is 18.4. The number of methoxy groups -OCH3 is 2. The Bertz CT molecular complexity index is 2270. The minimum absolute atomic E-state index is 0.0218. The van der Waals surface area contributed by atoms with Gasteiger partial charge in [-0.15, -0.1) is 11.8 Å². The molecule has 2 fully saturated rings. The lowest BCUT2D eigenvalue weighted by Gasteiger charge is -2.27. The first-order chi connectivity index (χ1) is 29.3. The van der Waals surface area contributed by atoms with Crippen molar-refractivity contribution in [2.45, 2.75) is 24.0 Å². The highest BCUT2D eigenvalue weighted by molar-refractivity contribution is 7.99. The highest BCUT2D eigenvalue weighted by atomic mass is 32.2. The zero-order valence-corrected chi connectivity index (χ0v) is 34.6. The Morgan fingerprint density at radius 3 is 1.83 bits per heavy atom. The number of alkyl carbamates (subject to hydrolysis) is 2. The topological polar surface area (TPSA) is 159 Å². The van der Waals surface area contributed by atoms with Crippen molar-refractivity contribution in [2.75, 3.05) is 37.4 Å². The number of rotatable bonds is 12. The summed E-state index contributed by atoms with van der Waals surface area (Å²) in [5.74, 6) is 2.73. The van der Waals surface area contributed by atoms with E-state index in [4.69, 9.17) is 14.5 Å². The van der Waals surface area contributed by atoms with Crippen LogP contribution in [0, 0.1) is 5.92 Å². The Kier molecular flexibility index (Phi) is 12.4. The van der Waals surface area contributed by atoms with Gasteiger partial charge in [0, 0.05) is 40.5 Å². The summed E-state index contributed by atoms with van der Waals surface area (Å²) in [4.78, 5) is 65.8. The SMILES string of the molecule is COC(=O)N[C@@H](C(=O)C1CSC[C@H]1c1ccc(-c2ccc(-c3ccc(-c4cnc([C@@H]5CSCN5C(=O)[C@H](NC(=O)OC)c5ccccc5)[nH]4)cc3)cc2)[nH]1)c1ccccc1. The summed E-state index contributed by atoms with van der Waals surface area (Å²) in [5.41, 5.74) is 8.32. The van der Waals surface area contributed by atoms with Gasteiger partial charge in [-0.1, -0.05) is 109 Å². The summed E-state index contributed by atoms with van der Waals surface area (Å²) in [7, 11) is 2.57. The summed E-state index contributed by atoms with van der Waals surface area (Å²) in [6.45, 7) is 0. The molecule has 12 nitrogen and oxygen atoms in total. The molecule has 2 aromatic heterocycles. The second-order valence-corrected chi connectivity index (χ2v) is 16.7. The van der Waals surface area contributed by atoms with Crippen molar-refractivity contribution in [3.63, 3.8) is 0 Å². The lowest BCUT2D eigenvalue weighted by Crippen LogP contribution is -2.43. The molecule has 0 bridgehead atoms. The Hall–Kier alpha value is -6.25. The third-order valence-electron chi connectivity index (χ3n) is 11.0. The van der Waals surface area contributed by atoms with Gasteiger partial charge in [-0.2, -0.15) is 11.8 Å². The van der Waals surface area contributed by atoms with Crippen molar-refractivity contribution in [2.24, 2.45) is 5.92 Å². The van der Waals surface area contributed by atoms with Crippen LogP contribution in [0.4, 0.5) is 9.59 Å². The number of aromatic amines is 2. The van der Waals surface area contributed by atoms with E-state index in [1.54, 1.807) is 34.6 Å². The molecule has 2 aliphatic rings. The molecule has 5 atom stereocenters. The maximum Gasteiger partial charge on any atom is 0.407 e. The van der Waals surface area contributed by atoms with E-state index in [9.17, 15) is 19.2 Å². The van der Waals surface area contributed by atoms with Gasteiger partial charge in [-0.25, -0.2) is 14.6 Å². The van der Waals surface area contributed by atoms with Crippen LogP contribution in [0.3, 0.4) is 0 Å². The first-order valence-corrected chi connectivity index (χ1v) is 21.9. The van der Waals surface area contributed by atoms with Crippen LogP contribution in [-0.2, 0) is 19.1 Å². The maximum atomic E-state index is 14.0. The van der Waals surface area contributed by atoms with Gasteiger partial charge in [-0.3, -0.25) is 9.59 Å². The molecule has 4 aromatic carbocycles. The highest BCUT2D eigenvalue weighted by Gasteiger charge is 2.40. The van der Waals surface area contributed by atoms with E-state index in [1.165, 1.54) is 14.2 Å². The van der Waals surface area contributed by atoms with Crippen LogP contribution < -0.4 is 10.6 Å². The predicted octanol–water partition coefficient (Wildman–Crippen LogP) is 8.52. The number of imidazole rings is 1. The number of benzene rings is 4. The van der Waals surface area contributed by atoms with E-state index in [2.05, 4.69) is 81.3 Å². The Labute approximate surface area is 356 Å². The van der Waals surface area contributed by atoms with Crippen LogP contribution in [0.25, 0.3) is 33.6 Å². The summed E-state index contributed by atoms with van der Waals surface area (Å²) >= 11 is 3.38.